The monoisotopic (exact) mass is 224 g/mol. The van der Waals surface area contributed by atoms with Gasteiger partial charge in [0.2, 0.25) is 0 Å². The molecule has 68 valence electrons. The number of alkyl halides is 2. The summed E-state index contributed by atoms with van der Waals surface area (Å²) in [4.78, 5) is 4.27. The molecule has 0 saturated heterocycles. The highest BCUT2D eigenvalue weighted by atomic mass is 35.5. The van der Waals surface area contributed by atoms with Crippen LogP contribution in [-0.4, -0.2) is 28.3 Å². The Labute approximate surface area is 86.1 Å². The van der Waals surface area contributed by atoms with Gasteiger partial charge in [0.15, 0.2) is 5.17 Å². The Morgan fingerprint density at radius 1 is 1.67 bits per heavy atom. The Kier molecular flexibility index (Phi) is 2.45. The van der Waals surface area contributed by atoms with E-state index in [0.29, 0.717) is 5.92 Å². The molecule has 2 nitrogen and oxygen atoms in total. The first-order valence-corrected chi connectivity index (χ1v) is 5.71. The summed E-state index contributed by atoms with van der Waals surface area (Å²) in [5.74, 6) is 1.44. The third kappa shape index (κ3) is 2.01. The van der Waals surface area contributed by atoms with E-state index in [4.69, 9.17) is 23.2 Å². The van der Waals surface area contributed by atoms with Gasteiger partial charge in [0, 0.05) is 18.2 Å². The fraction of sp³-hybridized carbons (Fsp3) is 0.857. The molecule has 2 aliphatic rings. The van der Waals surface area contributed by atoms with Crippen molar-refractivity contribution in [3.63, 3.8) is 0 Å². The second-order valence-corrected chi connectivity index (χ2v) is 5.64. The maximum absolute atomic E-state index is 5.88. The zero-order valence-corrected chi connectivity index (χ0v) is 8.85. The number of halogens is 2. The molecule has 0 aromatic carbocycles. The maximum Gasteiger partial charge on any atom is 0.156 e. The van der Waals surface area contributed by atoms with Gasteiger partial charge in [-0.2, -0.15) is 0 Å². The van der Waals surface area contributed by atoms with Gasteiger partial charge in [-0.1, -0.05) is 11.8 Å². The standard InChI is InChI=1S/C7H10Cl2N2S/c8-7(9)3-5(7)4-12-6-10-1-2-11-6/h5H,1-4H2,(H,10,11)/t5-/m0/s1. The Bertz CT molecular complexity index is 217. The Hall–Kier alpha value is 0.400. The number of aliphatic imine (C=N–C) groups is 1. The van der Waals surface area contributed by atoms with Gasteiger partial charge in [0.05, 0.1) is 6.54 Å². The quantitative estimate of drug-likeness (QED) is 0.725. The van der Waals surface area contributed by atoms with Crippen LogP contribution in [0.3, 0.4) is 0 Å². The highest BCUT2D eigenvalue weighted by Crippen LogP contribution is 2.54. The van der Waals surface area contributed by atoms with Crippen LogP contribution < -0.4 is 5.32 Å². The average Bonchev–Trinajstić information content (AvgIpc) is 2.54. The largest absolute Gasteiger partial charge is 0.363 e. The fourth-order valence-electron chi connectivity index (χ4n) is 1.10. The first-order valence-electron chi connectivity index (χ1n) is 3.97. The normalized spacial score (nSPS) is 31.2. The van der Waals surface area contributed by atoms with E-state index in [1.807, 2.05) is 0 Å². The van der Waals surface area contributed by atoms with Crippen LogP contribution in [-0.2, 0) is 0 Å². The molecule has 0 unspecified atom stereocenters. The minimum absolute atomic E-state index is 0.438. The molecule has 1 aliphatic carbocycles. The van der Waals surface area contributed by atoms with Gasteiger partial charge in [-0.25, -0.2) is 0 Å². The van der Waals surface area contributed by atoms with Crippen molar-refractivity contribution in [2.24, 2.45) is 10.9 Å². The number of amidine groups is 1. The highest BCUT2D eigenvalue weighted by Gasteiger charge is 2.51. The summed E-state index contributed by atoms with van der Waals surface area (Å²) in [6.07, 6.45) is 0.927. The van der Waals surface area contributed by atoms with Crippen LogP contribution in [0.25, 0.3) is 0 Å². The van der Waals surface area contributed by atoms with Crippen molar-refractivity contribution in [2.45, 2.75) is 10.8 Å². The van der Waals surface area contributed by atoms with Crippen molar-refractivity contribution in [1.82, 2.24) is 5.32 Å². The molecule has 0 amide bonds. The lowest BCUT2D eigenvalue weighted by Crippen LogP contribution is -2.15. The molecule has 1 aliphatic heterocycles. The van der Waals surface area contributed by atoms with E-state index in [1.165, 1.54) is 0 Å². The molecular formula is C7H10Cl2N2S. The lowest BCUT2D eigenvalue weighted by Gasteiger charge is -2.00. The van der Waals surface area contributed by atoms with Gasteiger partial charge in [-0.15, -0.1) is 23.2 Å². The third-order valence-electron chi connectivity index (χ3n) is 2.02. The van der Waals surface area contributed by atoms with Gasteiger partial charge in [0.25, 0.3) is 0 Å². The molecule has 1 fully saturated rings. The number of nitrogens with one attached hydrogen (secondary N) is 1. The fourth-order valence-corrected chi connectivity index (χ4v) is 2.96. The molecule has 1 heterocycles. The molecule has 1 N–H and O–H groups in total. The van der Waals surface area contributed by atoms with Crippen molar-refractivity contribution < 1.29 is 0 Å². The summed E-state index contributed by atoms with van der Waals surface area (Å²) in [7, 11) is 0. The van der Waals surface area contributed by atoms with E-state index >= 15 is 0 Å². The predicted octanol–water partition coefficient (Wildman–Crippen LogP) is 1.87. The molecule has 0 radical (unpaired) electrons. The van der Waals surface area contributed by atoms with Gasteiger partial charge >= 0.3 is 0 Å². The molecule has 1 saturated carbocycles. The minimum Gasteiger partial charge on any atom is -0.363 e. The second kappa shape index (κ2) is 3.28. The third-order valence-corrected chi connectivity index (χ3v) is 4.06. The number of hydrogen-bond donors (Lipinski definition) is 1. The van der Waals surface area contributed by atoms with E-state index in [1.54, 1.807) is 11.8 Å². The van der Waals surface area contributed by atoms with Crippen molar-refractivity contribution >= 4 is 40.1 Å². The second-order valence-electron chi connectivity index (χ2n) is 3.09. The van der Waals surface area contributed by atoms with Gasteiger partial charge in [-0.05, 0) is 6.42 Å². The smallest absolute Gasteiger partial charge is 0.156 e. The SMILES string of the molecule is ClC1(Cl)C[C@H]1CSC1=NCCN1. The van der Waals surface area contributed by atoms with E-state index < -0.39 is 4.33 Å². The molecule has 2 rings (SSSR count). The van der Waals surface area contributed by atoms with Crippen LogP contribution in [0.1, 0.15) is 6.42 Å². The van der Waals surface area contributed by atoms with Crippen LogP contribution >= 0.6 is 35.0 Å². The van der Waals surface area contributed by atoms with E-state index in [2.05, 4.69) is 10.3 Å². The predicted molar refractivity (Wildman–Crippen MR) is 55.3 cm³/mol. The molecular weight excluding hydrogens is 215 g/mol. The Balaban J connectivity index is 1.70. The Morgan fingerprint density at radius 3 is 2.92 bits per heavy atom. The van der Waals surface area contributed by atoms with Crippen molar-refractivity contribution in [3.05, 3.63) is 0 Å². The maximum atomic E-state index is 5.88. The van der Waals surface area contributed by atoms with Gasteiger partial charge in [-0.3, -0.25) is 4.99 Å². The topological polar surface area (TPSA) is 24.4 Å². The first kappa shape index (κ1) is 8.97. The minimum atomic E-state index is -0.438. The van der Waals surface area contributed by atoms with Crippen molar-refractivity contribution in [1.29, 1.82) is 0 Å². The van der Waals surface area contributed by atoms with E-state index in [9.17, 15) is 0 Å². The van der Waals surface area contributed by atoms with E-state index in [-0.39, 0.29) is 0 Å². The summed E-state index contributed by atoms with van der Waals surface area (Å²) in [6, 6.07) is 0. The Morgan fingerprint density at radius 2 is 2.42 bits per heavy atom. The summed E-state index contributed by atoms with van der Waals surface area (Å²) in [6.45, 7) is 1.87. The van der Waals surface area contributed by atoms with Crippen LogP contribution in [0.15, 0.2) is 4.99 Å². The van der Waals surface area contributed by atoms with Crippen LogP contribution in [0, 0.1) is 5.92 Å². The lowest BCUT2D eigenvalue weighted by molar-refractivity contribution is 0.962. The molecule has 12 heavy (non-hydrogen) atoms. The number of rotatable bonds is 2. The zero-order chi connectivity index (χ0) is 8.60. The molecule has 0 bridgehead atoms. The van der Waals surface area contributed by atoms with Gasteiger partial charge in [0.1, 0.15) is 4.33 Å². The highest BCUT2D eigenvalue weighted by molar-refractivity contribution is 8.13. The van der Waals surface area contributed by atoms with Crippen LogP contribution in [0.2, 0.25) is 0 Å². The summed E-state index contributed by atoms with van der Waals surface area (Å²) in [5.41, 5.74) is 0. The van der Waals surface area contributed by atoms with Gasteiger partial charge < -0.3 is 5.32 Å². The van der Waals surface area contributed by atoms with Crippen LogP contribution in [0.4, 0.5) is 0 Å². The lowest BCUT2D eigenvalue weighted by atomic mass is 10.5. The van der Waals surface area contributed by atoms with Crippen molar-refractivity contribution in [3.8, 4) is 0 Å². The van der Waals surface area contributed by atoms with E-state index in [0.717, 1.165) is 30.4 Å². The zero-order valence-electron chi connectivity index (χ0n) is 6.52. The number of nitrogens with zero attached hydrogens (tertiary/aromatic N) is 1. The van der Waals surface area contributed by atoms with Crippen molar-refractivity contribution in [2.75, 3.05) is 18.8 Å². The molecule has 5 heteroatoms. The summed E-state index contributed by atoms with van der Waals surface area (Å²) < 4.78 is -0.438. The molecule has 0 spiro atoms. The number of hydrogen-bond acceptors (Lipinski definition) is 3. The molecule has 0 aromatic rings. The summed E-state index contributed by atoms with van der Waals surface area (Å²) >= 11 is 13.5. The van der Waals surface area contributed by atoms with Crippen LogP contribution in [0.5, 0.6) is 0 Å². The molecule has 1 atom stereocenters. The molecule has 0 aromatic heterocycles. The first-order chi connectivity index (χ1) is 5.68. The summed E-state index contributed by atoms with van der Waals surface area (Å²) in [5, 5.41) is 4.24. The average molecular weight is 225 g/mol. The number of thioether (sulfide) groups is 1.